The summed E-state index contributed by atoms with van der Waals surface area (Å²) in [6.07, 6.45) is 11.2. The fourth-order valence-corrected chi connectivity index (χ4v) is 5.13. The molecule has 3 rings (SSSR count). The maximum Gasteiger partial charge on any atom is 0.193 e. The van der Waals surface area contributed by atoms with E-state index in [9.17, 15) is 0 Å². The van der Waals surface area contributed by atoms with Crippen LogP contribution in [0.5, 0.6) is 0 Å². The molecule has 0 aromatic heterocycles. The minimum atomic E-state index is 0.535. The number of thioether (sulfide) groups is 1. The lowest BCUT2D eigenvalue weighted by molar-refractivity contribution is 0.283. The standard InChI is InChI=1S/C15H27N3S/c1-16-14(17-13-6-5-7-13)18-10-11-19-15(12-18)8-3-2-4-9-15/h13H,2-12H2,1H3,(H,16,17). The number of aliphatic imine (C=N–C) groups is 1. The highest BCUT2D eigenvalue weighted by atomic mass is 32.2. The van der Waals surface area contributed by atoms with Crippen molar-refractivity contribution >= 4 is 17.7 Å². The summed E-state index contributed by atoms with van der Waals surface area (Å²) in [6, 6.07) is 0.690. The molecule has 0 aromatic carbocycles. The van der Waals surface area contributed by atoms with Gasteiger partial charge >= 0.3 is 0 Å². The lowest BCUT2D eigenvalue weighted by atomic mass is 9.87. The van der Waals surface area contributed by atoms with Crippen LogP contribution in [0.3, 0.4) is 0 Å². The number of nitrogens with one attached hydrogen (secondary N) is 1. The SMILES string of the molecule is CN=C(NC1CCC1)N1CCSC2(CCCCC2)C1. The van der Waals surface area contributed by atoms with Crippen molar-refractivity contribution in [3.05, 3.63) is 0 Å². The van der Waals surface area contributed by atoms with Gasteiger partial charge in [-0.25, -0.2) is 0 Å². The molecule has 3 aliphatic rings. The third-order valence-electron chi connectivity index (χ3n) is 4.96. The number of hydrogen-bond acceptors (Lipinski definition) is 2. The van der Waals surface area contributed by atoms with E-state index < -0.39 is 0 Å². The molecule has 1 saturated heterocycles. The van der Waals surface area contributed by atoms with Crippen molar-refractivity contribution < 1.29 is 0 Å². The van der Waals surface area contributed by atoms with Crippen molar-refractivity contribution in [1.29, 1.82) is 0 Å². The number of hydrogen-bond donors (Lipinski definition) is 1. The summed E-state index contributed by atoms with van der Waals surface area (Å²) in [7, 11) is 1.94. The van der Waals surface area contributed by atoms with E-state index in [4.69, 9.17) is 0 Å². The summed E-state index contributed by atoms with van der Waals surface area (Å²) in [4.78, 5) is 7.06. The van der Waals surface area contributed by atoms with Crippen LogP contribution < -0.4 is 5.32 Å². The second-order valence-corrected chi connectivity index (χ2v) is 7.90. The molecular weight excluding hydrogens is 254 g/mol. The van der Waals surface area contributed by atoms with Crippen LogP contribution in [-0.4, -0.2) is 47.5 Å². The molecule has 0 radical (unpaired) electrons. The predicted molar refractivity (Wildman–Crippen MR) is 84.0 cm³/mol. The largest absolute Gasteiger partial charge is 0.354 e. The molecule has 1 N–H and O–H groups in total. The molecule has 0 amide bonds. The molecule has 1 heterocycles. The van der Waals surface area contributed by atoms with E-state index in [1.807, 2.05) is 7.05 Å². The Hall–Kier alpha value is -0.380. The van der Waals surface area contributed by atoms with Gasteiger partial charge in [-0.2, -0.15) is 11.8 Å². The Morgan fingerprint density at radius 2 is 2.00 bits per heavy atom. The fraction of sp³-hybridized carbons (Fsp3) is 0.933. The third-order valence-corrected chi connectivity index (χ3v) is 6.50. The predicted octanol–water partition coefficient (Wildman–Crippen LogP) is 2.87. The van der Waals surface area contributed by atoms with Gasteiger partial charge in [0.2, 0.25) is 0 Å². The van der Waals surface area contributed by atoms with Crippen molar-refractivity contribution in [2.45, 2.75) is 62.2 Å². The third kappa shape index (κ3) is 3.04. The molecule has 3 fully saturated rings. The van der Waals surface area contributed by atoms with Gasteiger partial charge in [0.1, 0.15) is 0 Å². The van der Waals surface area contributed by atoms with Gasteiger partial charge in [0.25, 0.3) is 0 Å². The van der Waals surface area contributed by atoms with Crippen LogP contribution in [0.25, 0.3) is 0 Å². The second-order valence-electron chi connectivity index (χ2n) is 6.33. The zero-order valence-corrected chi connectivity index (χ0v) is 13.0. The topological polar surface area (TPSA) is 27.6 Å². The van der Waals surface area contributed by atoms with Gasteiger partial charge in [-0.15, -0.1) is 0 Å². The number of rotatable bonds is 1. The van der Waals surface area contributed by atoms with Crippen LogP contribution in [0.15, 0.2) is 4.99 Å². The molecule has 0 unspecified atom stereocenters. The first-order chi connectivity index (χ1) is 9.31. The average Bonchev–Trinajstić information content (AvgIpc) is 2.39. The minimum absolute atomic E-state index is 0.535. The van der Waals surface area contributed by atoms with Gasteiger partial charge in [-0.1, -0.05) is 19.3 Å². The smallest absolute Gasteiger partial charge is 0.193 e. The van der Waals surface area contributed by atoms with Crippen LogP contribution in [0.4, 0.5) is 0 Å². The van der Waals surface area contributed by atoms with Crippen molar-refractivity contribution in [3.8, 4) is 0 Å². The molecule has 0 atom stereocenters. The Morgan fingerprint density at radius 1 is 1.21 bits per heavy atom. The molecule has 4 heteroatoms. The van der Waals surface area contributed by atoms with Crippen molar-refractivity contribution in [2.75, 3.05) is 25.9 Å². The maximum atomic E-state index is 4.53. The lowest BCUT2D eigenvalue weighted by Gasteiger charge is -2.46. The molecule has 0 bridgehead atoms. The molecule has 2 saturated carbocycles. The Kier molecular flexibility index (Phi) is 4.25. The van der Waals surface area contributed by atoms with Crippen molar-refractivity contribution in [2.24, 2.45) is 4.99 Å². The highest BCUT2D eigenvalue weighted by molar-refractivity contribution is 8.00. The Bertz CT molecular complexity index is 327. The van der Waals surface area contributed by atoms with E-state index in [1.54, 1.807) is 0 Å². The summed E-state index contributed by atoms with van der Waals surface area (Å²) in [5.41, 5.74) is 0. The van der Waals surface area contributed by atoms with Crippen molar-refractivity contribution in [3.63, 3.8) is 0 Å². The summed E-state index contributed by atoms with van der Waals surface area (Å²) in [5, 5.41) is 3.66. The molecule has 0 aromatic rings. The molecule has 2 aliphatic carbocycles. The Labute approximate surface area is 121 Å². The second kappa shape index (κ2) is 5.94. The first-order valence-corrected chi connectivity index (χ1v) is 8.92. The average molecular weight is 281 g/mol. The Morgan fingerprint density at radius 3 is 2.63 bits per heavy atom. The monoisotopic (exact) mass is 281 g/mol. The quantitative estimate of drug-likeness (QED) is 0.591. The molecule has 108 valence electrons. The van der Waals surface area contributed by atoms with Crippen LogP contribution in [0.2, 0.25) is 0 Å². The highest BCUT2D eigenvalue weighted by Gasteiger charge is 2.38. The normalized spacial score (nSPS) is 28.3. The minimum Gasteiger partial charge on any atom is -0.354 e. The van der Waals surface area contributed by atoms with Crippen LogP contribution in [-0.2, 0) is 0 Å². The summed E-state index contributed by atoms with van der Waals surface area (Å²) >= 11 is 2.23. The first-order valence-electron chi connectivity index (χ1n) is 7.94. The van der Waals surface area contributed by atoms with E-state index in [0.717, 1.165) is 5.96 Å². The van der Waals surface area contributed by atoms with Gasteiger partial charge in [-0.05, 0) is 32.1 Å². The van der Waals surface area contributed by atoms with Crippen LogP contribution in [0, 0.1) is 0 Å². The van der Waals surface area contributed by atoms with Gasteiger partial charge in [0.15, 0.2) is 5.96 Å². The number of guanidine groups is 1. The lowest BCUT2D eigenvalue weighted by Crippen LogP contribution is -2.55. The molecule has 19 heavy (non-hydrogen) atoms. The van der Waals surface area contributed by atoms with Crippen molar-refractivity contribution in [1.82, 2.24) is 10.2 Å². The Balaban J connectivity index is 1.62. The molecule has 1 spiro atoms. The summed E-state index contributed by atoms with van der Waals surface area (Å²) in [6.45, 7) is 2.38. The molecule has 1 aliphatic heterocycles. The summed E-state index contributed by atoms with van der Waals surface area (Å²) in [5.74, 6) is 2.43. The number of nitrogens with zero attached hydrogens (tertiary/aromatic N) is 2. The van der Waals surface area contributed by atoms with E-state index in [1.165, 1.54) is 70.2 Å². The van der Waals surface area contributed by atoms with Gasteiger partial charge < -0.3 is 10.2 Å². The van der Waals surface area contributed by atoms with Gasteiger partial charge in [0, 0.05) is 36.7 Å². The highest BCUT2D eigenvalue weighted by Crippen LogP contribution is 2.42. The van der Waals surface area contributed by atoms with Gasteiger partial charge in [-0.3, -0.25) is 4.99 Å². The zero-order valence-electron chi connectivity index (χ0n) is 12.2. The van der Waals surface area contributed by atoms with E-state index >= 15 is 0 Å². The van der Waals surface area contributed by atoms with Crippen LogP contribution >= 0.6 is 11.8 Å². The van der Waals surface area contributed by atoms with E-state index in [-0.39, 0.29) is 0 Å². The first kappa shape index (κ1) is 13.6. The van der Waals surface area contributed by atoms with Crippen LogP contribution in [0.1, 0.15) is 51.4 Å². The van der Waals surface area contributed by atoms with E-state index in [2.05, 4.69) is 27.0 Å². The fourth-order valence-electron chi connectivity index (χ4n) is 3.56. The maximum absolute atomic E-state index is 4.53. The molecule has 3 nitrogen and oxygen atoms in total. The van der Waals surface area contributed by atoms with E-state index in [0.29, 0.717) is 10.8 Å². The molecular formula is C15H27N3S. The van der Waals surface area contributed by atoms with Gasteiger partial charge in [0.05, 0.1) is 0 Å². The zero-order chi connectivity index (χ0) is 13.1. The summed E-state index contributed by atoms with van der Waals surface area (Å²) < 4.78 is 0.535.